The van der Waals surface area contributed by atoms with Crippen molar-refractivity contribution in [3.63, 3.8) is 0 Å². The Morgan fingerprint density at radius 2 is 2.05 bits per heavy atom. The molecule has 0 spiro atoms. The van der Waals surface area contributed by atoms with Crippen LogP contribution in [0.3, 0.4) is 0 Å². The van der Waals surface area contributed by atoms with E-state index >= 15 is 0 Å². The molecule has 0 saturated carbocycles. The topological polar surface area (TPSA) is 68.3 Å². The number of hydrogen-bond acceptors (Lipinski definition) is 5. The van der Waals surface area contributed by atoms with E-state index in [4.69, 9.17) is 4.74 Å². The summed E-state index contributed by atoms with van der Waals surface area (Å²) in [6, 6.07) is 9.33. The van der Waals surface area contributed by atoms with Gasteiger partial charge in [0.15, 0.2) is 0 Å². The van der Waals surface area contributed by atoms with Gasteiger partial charge in [0, 0.05) is 6.92 Å². The molecule has 21 heavy (non-hydrogen) atoms. The lowest BCUT2D eigenvalue weighted by atomic mass is 10.1. The van der Waals surface area contributed by atoms with Gasteiger partial charge < -0.3 is 10.1 Å². The maximum Gasteiger partial charge on any atom is 0.350 e. The Labute approximate surface area is 127 Å². The molecule has 1 aromatic carbocycles. The molecule has 2 aromatic rings. The van der Waals surface area contributed by atoms with Gasteiger partial charge in [0.25, 0.3) is 0 Å². The van der Waals surface area contributed by atoms with Crippen LogP contribution >= 0.6 is 11.3 Å². The maximum absolute atomic E-state index is 12.2. The lowest BCUT2D eigenvalue weighted by Gasteiger charge is -2.18. The quantitative estimate of drug-likeness (QED) is 0.862. The summed E-state index contributed by atoms with van der Waals surface area (Å²) in [6.45, 7) is 3.43. The van der Waals surface area contributed by atoms with Crippen LogP contribution in [0, 0.1) is 6.92 Å². The Morgan fingerprint density at radius 3 is 2.62 bits per heavy atom. The van der Waals surface area contributed by atoms with E-state index in [1.165, 1.54) is 18.3 Å². The molecule has 0 aliphatic carbocycles. The number of aryl methyl sites for hydroxylation is 1. The molecule has 0 aliphatic rings. The first kappa shape index (κ1) is 15.2. The number of ether oxygens (including phenoxy) is 1. The fraction of sp³-hybridized carbons (Fsp3) is 0.267. The van der Waals surface area contributed by atoms with Crippen LogP contribution in [-0.2, 0) is 9.53 Å². The zero-order valence-corrected chi connectivity index (χ0v) is 12.6. The minimum atomic E-state index is -0.524. The lowest BCUT2D eigenvalue weighted by Crippen LogP contribution is -2.28. The van der Waals surface area contributed by atoms with Crippen LogP contribution in [0.25, 0.3) is 0 Å². The van der Waals surface area contributed by atoms with Crippen LogP contribution in [0.1, 0.15) is 34.0 Å². The summed E-state index contributed by atoms with van der Waals surface area (Å²) in [4.78, 5) is 27.8. The highest BCUT2D eigenvalue weighted by Crippen LogP contribution is 2.21. The average molecular weight is 304 g/mol. The summed E-state index contributed by atoms with van der Waals surface area (Å²) < 4.78 is 5.53. The van der Waals surface area contributed by atoms with Gasteiger partial charge in [-0.15, -0.1) is 11.3 Å². The van der Waals surface area contributed by atoms with E-state index in [0.29, 0.717) is 10.6 Å². The molecule has 1 aromatic heterocycles. The Hall–Kier alpha value is -2.21. The van der Waals surface area contributed by atoms with Crippen LogP contribution < -0.4 is 5.32 Å². The maximum atomic E-state index is 12.2. The molecule has 0 aliphatic heterocycles. The van der Waals surface area contributed by atoms with Crippen molar-refractivity contribution in [2.24, 2.45) is 0 Å². The standard InChI is InChI=1S/C15H16N2O3S/c1-10-14(21-9-17-10)15(19)20-13(8-16-11(2)18)12-6-4-3-5-7-12/h3-7,9,13H,8H2,1-2H3,(H,16,18)/t13-/m1/s1. The highest BCUT2D eigenvalue weighted by Gasteiger charge is 2.20. The average Bonchev–Trinajstić information content (AvgIpc) is 2.90. The highest BCUT2D eigenvalue weighted by molar-refractivity contribution is 7.11. The minimum absolute atomic E-state index is 0.166. The number of aromatic nitrogens is 1. The Bertz CT molecular complexity index is 625. The third-order valence-corrected chi connectivity index (χ3v) is 3.80. The predicted molar refractivity (Wildman–Crippen MR) is 80.1 cm³/mol. The zero-order chi connectivity index (χ0) is 15.2. The molecule has 0 fully saturated rings. The molecule has 0 bridgehead atoms. The Morgan fingerprint density at radius 1 is 1.33 bits per heavy atom. The van der Waals surface area contributed by atoms with E-state index in [1.54, 1.807) is 12.4 Å². The van der Waals surface area contributed by atoms with E-state index in [-0.39, 0.29) is 12.5 Å². The van der Waals surface area contributed by atoms with E-state index < -0.39 is 12.1 Å². The monoisotopic (exact) mass is 304 g/mol. The fourth-order valence-electron chi connectivity index (χ4n) is 1.81. The van der Waals surface area contributed by atoms with Crippen LogP contribution in [-0.4, -0.2) is 23.4 Å². The summed E-state index contributed by atoms with van der Waals surface area (Å²) in [6.07, 6.45) is -0.524. The van der Waals surface area contributed by atoms with Crippen LogP contribution in [0.2, 0.25) is 0 Å². The van der Waals surface area contributed by atoms with Crippen molar-refractivity contribution in [2.75, 3.05) is 6.54 Å². The van der Waals surface area contributed by atoms with Crippen LogP contribution in [0.5, 0.6) is 0 Å². The molecule has 1 N–H and O–H groups in total. The van der Waals surface area contributed by atoms with Gasteiger partial charge in [-0.1, -0.05) is 30.3 Å². The third kappa shape index (κ3) is 4.13. The second kappa shape index (κ2) is 6.99. The summed E-state index contributed by atoms with van der Waals surface area (Å²) in [5.74, 6) is -0.588. The molecule has 2 rings (SSSR count). The normalized spacial score (nSPS) is 11.7. The predicted octanol–water partition coefficient (Wildman–Crippen LogP) is 2.49. The molecule has 5 nitrogen and oxygen atoms in total. The number of thiazole rings is 1. The molecule has 1 amide bonds. The van der Waals surface area contributed by atoms with Crippen molar-refractivity contribution in [1.29, 1.82) is 0 Å². The number of carbonyl (C=O) groups excluding carboxylic acids is 2. The van der Waals surface area contributed by atoms with Gasteiger partial charge in [-0.05, 0) is 12.5 Å². The van der Waals surface area contributed by atoms with E-state index in [1.807, 2.05) is 30.3 Å². The van der Waals surface area contributed by atoms with Crippen LogP contribution in [0.15, 0.2) is 35.8 Å². The SMILES string of the molecule is CC(=O)NC[C@@H](OC(=O)c1scnc1C)c1ccccc1. The number of carbonyl (C=O) groups is 2. The van der Waals surface area contributed by atoms with Gasteiger partial charge in [0.2, 0.25) is 5.91 Å². The van der Waals surface area contributed by atoms with Gasteiger partial charge in [-0.25, -0.2) is 9.78 Å². The van der Waals surface area contributed by atoms with E-state index in [9.17, 15) is 9.59 Å². The second-order valence-corrected chi connectivity index (χ2v) is 5.36. The molecule has 0 saturated heterocycles. The summed E-state index contributed by atoms with van der Waals surface area (Å²) >= 11 is 1.25. The molecule has 110 valence electrons. The lowest BCUT2D eigenvalue weighted by molar-refractivity contribution is -0.119. The number of nitrogens with zero attached hydrogens (tertiary/aromatic N) is 1. The molecular weight excluding hydrogens is 288 g/mol. The largest absolute Gasteiger partial charge is 0.451 e. The number of benzene rings is 1. The number of nitrogens with one attached hydrogen (secondary N) is 1. The molecule has 6 heteroatoms. The first-order chi connectivity index (χ1) is 10.1. The third-order valence-electron chi connectivity index (χ3n) is 2.89. The summed E-state index contributed by atoms with van der Waals surface area (Å²) in [7, 11) is 0. The van der Waals surface area contributed by atoms with Crippen molar-refractivity contribution < 1.29 is 14.3 Å². The van der Waals surface area contributed by atoms with Gasteiger partial charge in [0.1, 0.15) is 11.0 Å². The van der Waals surface area contributed by atoms with Crippen molar-refractivity contribution >= 4 is 23.2 Å². The first-order valence-corrected chi connectivity index (χ1v) is 7.36. The molecule has 0 unspecified atom stereocenters. The zero-order valence-electron chi connectivity index (χ0n) is 11.8. The van der Waals surface area contributed by atoms with Crippen molar-refractivity contribution in [1.82, 2.24) is 10.3 Å². The van der Waals surface area contributed by atoms with Gasteiger partial charge >= 0.3 is 5.97 Å². The van der Waals surface area contributed by atoms with Gasteiger partial charge in [-0.2, -0.15) is 0 Å². The fourth-order valence-corrected chi connectivity index (χ4v) is 2.50. The number of rotatable bonds is 5. The van der Waals surface area contributed by atoms with E-state index in [2.05, 4.69) is 10.3 Å². The van der Waals surface area contributed by atoms with E-state index in [0.717, 1.165) is 5.56 Å². The summed E-state index contributed by atoms with van der Waals surface area (Å²) in [5.41, 5.74) is 3.09. The molecule has 1 atom stereocenters. The molecule has 1 heterocycles. The van der Waals surface area contributed by atoms with Crippen molar-refractivity contribution in [2.45, 2.75) is 20.0 Å². The van der Waals surface area contributed by atoms with Crippen molar-refractivity contribution in [3.05, 3.63) is 52.0 Å². The van der Waals surface area contributed by atoms with Crippen LogP contribution in [0.4, 0.5) is 0 Å². The number of esters is 1. The highest BCUT2D eigenvalue weighted by atomic mass is 32.1. The first-order valence-electron chi connectivity index (χ1n) is 6.48. The second-order valence-electron chi connectivity index (χ2n) is 4.51. The summed E-state index contributed by atoms with van der Waals surface area (Å²) in [5, 5.41) is 2.68. The van der Waals surface area contributed by atoms with Crippen molar-refractivity contribution in [3.8, 4) is 0 Å². The Balaban J connectivity index is 2.14. The van der Waals surface area contributed by atoms with Gasteiger partial charge in [-0.3, -0.25) is 4.79 Å². The molecular formula is C15H16N2O3S. The smallest absolute Gasteiger partial charge is 0.350 e. The Kier molecular flexibility index (Phi) is 5.05. The number of hydrogen-bond donors (Lipinski definition) is 1. The van der Waals surface area contributed by atoms with Gasteiger partial charge in [0.05, 0.1) is 17.7 Å². The minimum Gasteiger partial charge on any atom is -0.451 e. The number of amides is 1. The molecule has 0 radical (unpaired) electrons.